The van der Waals surface area contributed by atoms with Gasteiger partial charge in [0.25, 0.3) is 0 Å². The number of unbranched alkanes of at least 4 members (excludes halogenated alkanes) is 1. The van der Waals surface area contributed by atoms with Crippen LogP contribution in [-0.4, -0.2) is 76.9 Å². The third-order valence-electron chi connectivity index (χ3n) is 4.22. The van der Waals surface area contributed by atoms with E-state index in [4.69, 9.17) is 17.2 Å². The van der Waals surface area contributed by atoms with Crippen LogP contribution in [0.1, 0.15) is 32.1 Å². The van der Waals surface area contributed by atoms with E-state index < -0.39 is 53.8 Å². The maximum absolute atomic E-state index is 12.6. The van der Waals surface area contributed by atoms with E-state index in [2.05, 4.69) is 41.2 Å². The highest BCUT2D eigenvalue weighted by Crippen LogP contribution is 2.04. The van der Waals surface area contributed by atoms with Crippen LogP contribution in [0.25, 0.3) is 0 Å². The van der Waals surface area contributed by atoms with Gasteiger partial charge in [-0.3, -0.25) is 19.2 Å². The zero-order valence-electron chi connectivity index (χ0n) is 17.1. The molecule has 4 unspecified atom stereocenters. The monoisotopic (exact) mass is 480 g/mol. The highest BCUT2D eigenvalue weighted by Gasteiger charge is 2.29. The molecule has 178 valence electrons. The molecule has 10 N–H and O–H groups in total. The van der Waals surface area contributed by atoms with E-state index in [1.807, 2.05) is 0 Å². The highest BCUT2D eigenvalue weighted by atomic mass is 32.1. The van der Waals surface area contributed by atoms with E-state index in [9.17, 15) is 29.1 Å². The van der Waals surface area contributed by atoms with Gasteiger partial charge in [-0.05, 0) is 32.2 Å². The van der Waals surface area contributed by atoms with E-state index in [1.54, 1.807) is 0 Å². The van der Waals surface area contributed by atoms with Crippen LogP contribution in [0.15, 0.2) is 0 Å². The molecule has 0 aromatic heterocycles. The Morgan fingerprint density at radius 3 is 1.84 bits per heavy atom. The Kier molecular flexibility index (Phi) is 14.7. The third kappa shape index (κ3) is 11.8. The van der Waals surface area contributed by atoms with Crippen LogP contribution in [0, 0.1) is 0 Å². The number of amides is 4. The first-order valence-corrected chi connectivity index (χ1v) is 10.9. The molecule has 0 saturated heterocycles. The minimum absolute atomic E-state index is 0.0262. The summed E-state index contributed by atoms with van der Waals surface area (Å²) in [6.07, 6.45) is 0.948. The molecule has 12 nitrogen and oxygen atoms in total. The minimum Gasteiger partial charge on any atom is -0.480 e. The van der Waals surface area contributed by atoms with E-state index in [-0.39, 0.29) is 30.8 Å². The van der Waals surface area contributed by atoms with Crippen molar-refractivity contribution in [3.8, 4) is 0 Å². The number of hydrogen-bond acceptors (Lipinski definition) is 9. The second kappa shape index (κ2) is 15.7. The van der Waals surface area contributed by atoms with Crippen LogP contribution < -0.4 is 33.2 Å². The normalized spacial score (nSPS) is 14.6. The first-order chi connectivity index (χ1) is 14.6. The molecule has 4 atom stereocenters. The topological polar surface area (TPSA) is 220 Å². The van der Waals surface area contributed by atoms with Crippen LogP contribution in [0.4, 0.5) is 0 Å². The first-order valence-electron chi connectivity index (χ1n) is 9.66. The van der Waals surface area contributed by atoms with Crippen molar-refractivity contribution in [2.45, 2.75) is 56.3 Å². The van der Waals surface area contributed by atoms with Gasteiger partial charge in [0.05, 0.1) is 6.04 Å². The molecule has 0 radical (unpaired) electrons. The molecule has 0 aliphatic rings. The van der Waals surface area contributed by atoms with Crippen molar-refractivity contribution in [1.82, 2.24) is 16.0 Å². The van der Waals surface area contributed by atoms with Crippen LogP contribution in [0.3, 0.4) is 0 Å². The lowest BCUT2D eigenvalue weighted by Gasteiger charge is -2.24. The molecule has 0 saturated carbocycles. The summed E-state index contributed by atoms with van der Waals surface area (Å²) in [7, 11) is 0. The van der Waals surface area contributed by atoms with Crippen molar-refractivity contribution in [2.24, 2.45) is 17.2 Å². The second-order valence-electron chi connectivity index (χ2n) is 6.78. The number of carboxylic acids is 1. The summed E-state index contributed by atoms with van der Waals surface area (Å²) in [5.41, 5.74) is 16.1. The van der Waals surface area contributed by atoms with Gasteiger partial charge >= 0.3 is 5.97 Å². The summed E-state index contributed by atoms with van der Waals surface area (Å²) < 4.78 is 0. The number of carbonyl (C=O) groups excluding carboxylic acids is 4. The fourth-order valence-corrected chi connectivity index (χ4v) is 2.83. The molecular weight excluding hydrogens is 448 g/mol. The quantitative estimate of drug-likeness (QED) is 0.0822. The van der Waals surface area contributed by atoms with E-state index in [1.165, 1.54) is 0 Å². The maximum atomic E-state index is 12.6. The summed E-state index contributed by atoms with van der Waals surface area (Å²) in [4.78, 5) is 59.6. The Morgan fingerprint density at radius 1 is 0.806 bits per heavy atom. The fourth-order valence-electron chi connectivity index (χ4n) is 2.41. The zero-order chi connectivity index (χ0) is 24.0. The number of nitrogens with one attached hydrogen (secondary N) is 3. The predicted octanol–water partition coefficient (Wildman–Crippen LogP) is -2.89. The number of thiol groups is 2. The number of carbonyl (C=O) groups is 5. The Morgan fingerprint density at radius 2 is 1.35 bits per heavy atom. The number of primary amides is 1. The minimum atomic E-state index is -1.22. The second-order valence-corrected chi connectivity index (χ2v) is 7.51. The Labute approximate surface area is 191 Å². The number of rotatable bonds is 16. The summed E-state index contributed by atoms with van der Waals surface area (Å²) in [5.74, 6) is -4.21. The van der Waals surface area contributed by atoms with E-state index >= 15 is 0 Å². The lowest BCUT2D eigenvalue weighted by molar-refractivity contribution is -0.142. The van der Waals surface area contributed by atoms with E-state index in [0.29, 0.717) is 19.4 Å². The van der Waals surface area contributed by atoms with Gasteiger partial charge in [-0.1, -0.05) is 0 Å². The molecule has 0 aromatic carbocycles. The molecule has 4 amide bonds. The van der Waals surface area contributed by atoms with Crippen molar-refractivity contribution in [2.75, 3.05) is 18.1 Å². The van der Waals surface area contributed by atoms with Crippen LogP contribution in [0.5, 0.6) is 0 Å². The number of carboxylic acid groups (broad SMARTS) is 1. The summed E-state index contributed by atoms with van der Waals surface area (Å²) in [6.45, 7) is 0.394. The molecule has 31 heavy (non-hydrogen) atoms. The van der Waals surface area contributed by atoms with Crippen LogP contribution in [-0.2, 0) is 24.0 Å². The standard InChI is InChI=1S/C17H32N6O6S2/c18-6-2-1-3-11(17(28)29)22-16(27)12(8-31)23-15(26)10(4-5-13(20)24)21-14(25)9(19)7-30/h9-12,30-31H,1-8,18-19H2,(H2,20,24)(H,21,25)(H,22,27)(H,23,26)(H,28,29). The summed E-state index contributed by atoms with van der Waals surface area (Å²) >= 11 is 7.94. The lowest BCUT2D eigenvalue weighted by atomic mass is 10.1. The SMILES string of the molecule is NCCCCC(NC(=O)C(CS)NC(=O)C(CCC(N)=O)NC(=O)C(N)CS)C(=O)O. The molecule has 0 aliphatic heterocycles. The van der Waals surface area contributed by atoms with Gasteiger partial charge in [-0.15, -0.1) is 0 Å². The lowest BCUT2D eigenvalue weighted by Crippen LogP contribution is -2.57. The summed E-state index contributed by atoms with van der Waals surface area (Å²) in [6, 6.07) is -4.52. The average Bonchev–Trinajstić information content (AvgIpc) is 2.72. The molecule has 0 fully saturated rings. The van der Waals surface area contributed by atoms with Gasteiger partial charge in [0.15, 0.2) is 0 Å². The Balaban J connectivity index is 5.17. The van der Waals surface area contributed by atoms with Crippen LogP contribution in [0.2, 0.25) is 0 Å². The Hall–Kier alpha value is -2.03. The van der Waals surface area contributed by atoms with Gasteiger partial charge in [0, 0.05) is 17.9 Å². The summed E-state index contributed by atoms with van der Waals surface area (Å²) in [5, 5.41) is 16.4. The number of nitrogens with two attached hydrogens (primary N) is 3. The fraction of sp³-hybridized carbons (Fsp3) is 0.706. The number of aliphatic carboxylic acids is 1. The number of hydrogen-bond donors (Lipinski definition) is 9. The van der Waals surface area contributed by atoms with Crippen molar-refractivity contribution in [1.29, 1.82) is 0 Å². The molecule has 0 spiro atoms. The molecule has 0 aromatic rings. The zero-order valence-corrected chi connectivity index (χ0v) is 18.9. The van der Waals surface area contributed by atoms with Crippen molar-refractivity contribution >= 4 is 54.9 Å². The molecule has 0 aliphatic carbocycles. The Bertz CT molecular complexity index is 638. The molecular formula is C17H32N6O6S2. The molecule has 14 heteroatoms. The smallest absolute Gasteiger partial charge is 0.326 e. The maximum Gasteiger partial charge on any atom is 0.326 e. The third-order valence-corrected chi connectivity index (χ3v) is 4.98. The molecule has 0 bridgehead atoms. The highest BCUT2D eigenvalue weighted by molar-refractivity contribution is 7.80. The van der Waals surface area contributed by atoms with Crippen molar-refractivity contribution in [3.05, 3.63) is 0 Å². The van der Waals surface area contributed by atoms with Gasteiger partial charge in [-0.25, -0.2) is 4.79 Å². The van der Waals surface area contributed by atoms with Crippen LogP contribution >= 0.6 is 25.3 Å². The van der Waals surface area contributed by atoms with E-state index in [0.717, 1.165) is 0 Å². The van der Waals surface area contributed by atoms with Gasteiger partial charge < -0.3 is 38.3 Å². The van der Waals surface area contributed by atoms with Crippen molar-refractivity contribution in [3.63, 3.8) is 0 Å². The largest absolute Gasteiger partial charge is 0.480 e. The first kappa shape index (κ1) is 29.0. The van der Waals surface area contributed by atoms with Gasteiger partial charge in [0.2, 0.25) is 23.6 Å². The van der Waals surface area contributed by atoms with Gasteiger partial charge in [0.1, 0.15) is 18.1 Å². The predicted molar refractivity (Wildman–Crippen MR) is 120 cm³/mol. The molecule has 0 rings (SSSR count). The average molecular weight is 481 g/mol. The van der Waals surface area contributed by atoms with Gasteiger partial charge in [-0.2, -0.15) is 25.3 Å². The molecule has 0 heterocycles. The van der Waals surface area contributed by atoms with Crippen molar-refractivity contribution < 1.29 is 29.1 Å².